The number of aromatic nitrogens is 1. The molecule has 78 valence electrons. The maximum absolute atomic E-state index is 5.30. The number of hydrogen-bond donors (Lipinski definition) is 0. The van der Waals surface area contributed by atoms with Crippen LogP contribution < -0.4 is 0 Å². The fourth-order valence-corrected chi connectivity index (χ4v) is 1.63. The standard InChI is InChI=1S/C13H15NO/c1-2-3-7-12-10-14-15-13(12)11-8-5-4-6-9-11/h4-6,8-10H,2-3,7H2,1H3. The first kappa shape index (κ1) is 9.97. The van der Waals surface area contributed by atoms with Gasteiger partial charge in [-0.1, -0.05) is 48.8 Å². The molecular weight excluding hydrogens is 186 g/mol. The van der Waals surface area contributed by atoms with Gasteiger partial charge in [-0.2, -0.15) is 0 Å². The summed E-state index contributed by atoms with van der Waals surface area (Å²) in [7, 11) is 0. The normalized spacial score (nSPS) is 10.5. The second-order valence-corrected chi connectivity index (χ2v) is 3.65. The lowest BCUT2D eigenvalue weighted by molar-refractivity contribution is 0.431. The van der Waals surface area contributed by atoms with Gasteiger partial charge in [0.1, 0.15) is 0 Å². The van der Waals surface area contributed by atoms with E-state index in [1.54, 1.807) is 0 Å². The molecule has 1 aromatic carbocycles. The quantitative estimate of drug-likeness (QED) is 0.754. The number of hydrogen-bond acceptors (Lipinski definition) is 2. The van der Waals surface area contributed by atoms with Crippen LogP contribution in [0.3, 0.4) is 0 Å². The van der Waals surface area contributed by atoms with Gasteiger partial charge in [0.15, 0.2) is 5.76 Å². The summed E-state index contributed by atoms with van der Waals surface area (Å²) >= 11 is 0. The molecule has 0 aliphatic carbocycles. The highest BCUT2D eigenvalue weighted by molar-refractivity contribution is 5.60. The van der Waals surface area contributed by atoms with Crippen molar-refractivity contribution in [3.63, 3.8) is 0 Å². The molecule has 2 heteroatoms. The molecule has 0 amide bonds. The second-order valence-electron chi connectivity index (χ2n) is 3.65. The minimum atomic E-state index is 0.920. The third-order valence-corrected chi connectivity index (χ3v) is 2.48. The lowest BCUT2D eigenvalue weighted by Gasteiger charge is -1.99. The first-order valence-electron chi connectivity index (χ1n) is 5.40. The highest BCUT2D eigenvalue weighted by Gasteiger charge is 2.09. The third-order valence-electron chi connectivity index (χ3n) is 2.48. The zero-order valence-electron chi connectivity index (χ0n) is 8.94. The molecule has 2 nitrogen and oxygen atoms in total. The molecule has 15 heavy (non-hydrogen) atoms. The third kappa shape index (κ3) is 2.27. The van der Waals surface area contributed by atoms with Crippen LogP contribution in [0.4, 0.5) is 0 Å². The molecule has 0 aliphatic heterocycles. The minimum Gasteiger partial charge on any atom is -0.356 e. The molecule has 0 N–H and O–H groups in total. The van der Waals surface area contributed by atoms with Crippen LogP contribution in [0.2, 0.25) is 0 Å². The molecule has 2 aromatic rings. The molecule has 0 fully saturated rings. The lowest BCUT2D eigenvalue weighted by Crippen LogP contribution is -1.85. The number of unbranched alkanes of at least 4 members (excludes halogenated alkanes) is 1. The van der Waals surface area contributed by atoms with Crippen LogP contribution in [0.5, 0.6) is 0 Å². The average molecular weight is 201 g/mol. The molecule has 1 aromatic heterocycles. The van der Waals surface area contributed by atoms with Gasteiger partial charge in [0.05, 0.1) is 6.20 Å². The minimum absolute atomic E-state index is 0.920. The summed E-state index contributed by atoms with van der Waals surface area (Å²) < 4.78 is 5.30. The van der Waals surface area contributed by atoms with Gasteiger partial charge in [0.25, 0.3) is 0 Å². The average Bonchev–Trinajstić information content (AvgIpc) is 2.75. The van der Waals surface area contributed by atoms with E-state index < -0.39 is 0 Å². The van der Waals surface area contributed by atoms with Gasteiger partial charge in [-0.25, -0.2) is 0 Å². The van der Waals surface area contributed by atoms with Gasteiger partial charge in [0, 0.05) is 11.1 Å². The predicted octanol–water partition coefficient (Wildman–Crippen LogP) is 3.68. The molecule has 2 rings (SSSR count). The Morgan fingerprint density at radius 1 is 1.20 bits per heavy atom. The number of nitrogens with zero attached hydrogens (tertiary/aromatic N) is 1. The van der Waals surface area contributed by atoms with Crippen molar-refractivity contribution in [3.05, 3.63) is 42.1 Å². The van der Waals surface area contributed by atoms with E-state index in [0.29, 0.717) is 0 Å². The van der Waals surface area contributed by atoms with E-state index >= 15 is 0 Å². The summed E-state index contributed by atoms with van der Waals surface area (Å²) in [6.45, 7) is 2.19. The van der Waals surface area contributed by atoms with Gasteiger partial charge in [0.2, 0.25) is 0 Å². The molecule has 0 bridgehead atoms. The van der Waals surface area contributed by atoms with Crippen LogP contribution in [-0.4, -0.2) is 5.16 Å². The molecule has 0 saturated heterocycles. The van der Waals surface area contributed by atoms with Crippen molar-refractivity contribution in [2.45, 2.75) is 26.2 Å². The molecule has 0 unspecified atom stereocenters. The summed E-state index contributed by atoms with van der Waals surface area (Å²) in [5.41, 5.74) is 2.32. The monoisotopic (exact) mass is 201 g/mol. The van der Waals surface area contributed by atoms with Gasteiger partial charge in [-0.15, -0.1) is 0 Å². The van der Waals surface area contributed by atoms with Crippen molar-refractivity contribution in [2.75, 3.05) is 0 Å². The Hall–Kier alpha value is -1.57. The fourth-order valence-electron chi connectivity index (χ4n) is 1.63. The van der Waals surface area contributed by atoms with E-state index in [9.17, 15) is 0 Å². The van der Waals surface area contributed by atoms with Gasteiger partial charge < -0.3 is 4.52 Å². The predicted molar refractivity (Wildman–Crippen MR) is 60.6 cm³/mol. The summed E-state index contributed by atoms with van der Waals surface area (Å²) in [5.74, 6) is 0.920. The first-order valence-corrected chi connectivity index (χ1v) is 5.40. The highest BCUT2D eigenvalue weighted by atomic mass is 16.5. The van der Waals surface area contributed by atoms with Crippen molar-refractivity contribution >= 4 is 0 Å². The van der Waals surface area contributed by atoms with Crippen molar-refractivity contribution in [2.24, 2.45) is 0 Å². The Balaban J connectivity index is 2.25. The Bertz CT molecular complexity index is 405. The van der Waals surface area contributed by atoms with E-state index in [4.69, 9.17) is 4.52 Å². The second kappa shape index (κ2) is 4.78. The zero-order valence-corrected chi connectivity index (χ0v) is 8.94. The number of benzene rings is 1. The molecule has 0 aliphatic rings. The van der Waals surface area contributed by atoms with E-state index in [2.05, 4.69) is 24.2 Å². The van der Waals surface area contributed by atoms with Crippen molar-refractivity contribution in [3.8, 4) is 11.3 Å². The first-order chi connectivity index (χ1) is 7.42. The smallest absolute Gasteiger partial charge is 0.170 e. The van der Waals surface area contributed by atoms with Crippen LogP contribution in [0.25, 0.3) is 11.3 Å². The SMILES string of the molecule is CCCCc1cnoc1-c1ccccc1. The molecule has 0 saturated carbocycles. The number of aryl methyl sites for hydroxylation is 1. The van der Waals surface area contributed by atoms with E-state index in [-0.39, 0.29) is 0 Å². The molecule has 0 radical (unpaired) electrons. The van der Waals surface area contributed by atoms with E-state index in [0.717, 1.165) is 17.7 Å². The molecular formula is C13H15NO. The summed E-state index contributed by atoms with van der Waals surface area (Å²) in [5, 5.41) is 3.88. The van der Waals surface area contributed by atoms with Crippen LogP contribution in [0.1, 0.15) is 25.3 Å². The number of rotatable bonds is 4. The van der Waals surface area contributed by atoms with Crippen LogP contribution in [0, 0.1) is 0 Å². The van der Waals surface area contributed by atoms with Crippen LogP contribution >= 0.6 is 0 Å². The van der Waals surface area contributed by atoms with Crippen LogP contribution in [0.15, 0.2) is 41.1 Å². The maximum Gasteiger partial charge on any atom is 0.170 e. The Morgan fingerprint density at radius 3 is 2.73 bits per heavy atom. The van der Waals surface area contributed by atoms with Gasteiger partial charge in [-0.05, 0) is 12.8 Å². The zero-order chi connectivity index (χ0) is 10.5. The van der Waals surface area contributed by atoms with E-state index in [1.165, 1.54) is 18.4 Å². The highest BCUT2D eigenvalue weighted by Crippen LogP contribution is 2.24. The fraction of sp³-hybridized carbons (Fsp3) is 0.308. The van der Waals surface area contributed by atoms with Crippen molar-refractivity contribution in [1.29, 1.82) is 0 Å². The Labute approximate surface area is 89.9 Å². The lowest BCUT2D eigenvalue weighted by atomic mass is 10.1. The largest absolute Gasteiger partial charge is 0.356 e. The molecule has 0 spiro atoms. The maximum atomic E-state index is 5.30. The van der Waals surface area contributed by atoms with Crippen molar-refractivity contribution < 1.29 is 4.52 Å². The van der Waals surface area contributed by atoms with E-state index in [1.807, 2.05) is 24.4 Å². The summed E-state index contributed by atoms with van der Waals surface area (Å²) in [4.78, 5) is 0. The molecule has 0 atom stereocenters. The molecule has 1 heterocycles. The summed E-state index contributed by atoms with van der Waals surface area (Å²) in [6, 6.07) is 10.1. The van der Waals surface area contributed by atoms with Crippen LogP contribution in [-0.2, 0) is 6.42 Å². The van der Waals surface area contributed by atoms with Crippen molar-refractivity contribution in [1.82, 2.24) is 5.16 Å². The Kier molecular flexibility index (Phi) is 3.18. The Morgan fingerprint density at radius 2 is 2.00 bits per heavy atom. The topological polar surface area (TPSA) is 26.0 Å². The van der Waals surface area contributed by atoms with Gasteiger partial charge >= 0.3 is 0 Å². The van der Waals surface area contributed by atoms with Gasteiger partial charge in [-0.3, -0.25) is 0 Å². The summed E-state index contributed by atoms with van der Waals surface area (Å²) in [6.07, 6.45) is 5.25.